The number of hydrogen-bond acceptors (Lipinski definition) is 2. The van der Waals surface area contributed by atoms with E-state index in [0.717, 1.165) is 17.0 Å². The lowest BCUT2D eigenvalue weighted by molar-refractivity contribution is 0.152. The van der Waals surface area contributed by atoms with Crippen LogP contribution >= 0.6 is 15.9 Å². The predicted molar refractivity (Wildman–Crippen MR) is 74.1 cm³/mol. The molecule has 0 heterocycles. The van der Waals surface area contributed by atoms with Crippen molar-refractivity contribution >= 4 is 15.9 Å². The van der Waals surface area contributed by atoms with Crippen LogP contribution in [0.1, 0.15) is 31.4 Å². The van der Waals surface area contributed by atoms with Crippen molar-refractivity contribution in [1.29, 1.82) is 0 Å². The molecular formula is C14H20BrNO. The first-order chi connectivity index (χ1) is 8.20. The number of halogens is 1. The van der Waals surface area contributed by atoms with E-state index in [-0.39, 0.29) is 0 Å². The third-order valence-corrected chi connectivity index (χ3v) is 3.84. The molecule has 0 radical (unpaired) electrons. The van der Waals surface area contributed by atoms with Crippen LogP contribution in [0.2, 0.25) is 0 Å². The summed E-state index contributed by atoms with van der Waals surface area (Å²) < 4.78 is 6.43. The molecule has 0 bridgehead atoms. The van der Waals surface area contributed by atoms with E-state index in [2.05, 4.69) is 52.4 Å². The smallest absolute Gasteiger partial charge is 0.0618 e. The van der Waals surface area contributed by atoms with Gasteiger partial charge in [-0.3, -0.25) is 0 Å². The fraction of sp³-hybridized carbons (Fsp3) is 0.571. The molecule has 2 atom stereocenters. The molecule has 1 saturated carbocycles. The number of ether oxygens (including phenoxy) is 1. The lowest BCUT2D eigenvalue weighted by atomic mass is 10.1. The molecule has 17 heavy (non-hydrogen) atoms. The first-order valence-electron chi connectivity index (χ1n) is 6.21. The fourth-order valence-electron chi connectivity index (χ4n) is 2.19. The quantitative estimate of drug-likeness (QED) is 0.867. The van der Waals surface area contributed by atoms with Crippen LogP contribution in [0, 0.1) is 5.92 Å². The minimum atomic E-state index is 0.369. The second kappa shape index (κ2) is 5.98. The van der Waals surface area contributed by atoms with E-state index in [0.29, 0.717) is 12.1 Å². The Morgan fingerprint density at radius 2 is 2.24 bits per heavy atom. The van der Waals surface area contributed by atoms with Gasteiger partial charge in [0.05, 0.1) is 6.61 Å². The van der Waals surface area contributed by atoms with Gasteiger partial charge in [-0.05, 0) is 43.4 Å². The van der Waals surface area contributed by atoms with Gasteiger partial charge in [0, 0.05) is 23.7 Å². The largest absolute Gasteiger partial charge is 0.383 e. The van der Waals surface area contributed by atoms with Crippen molar-refractivity contribution in [2.24, 2.45) is 5.92 Å². The predicted octanol–water partition coefficient (Wildman–Crippen LogP) is 3.52. The summed E-state index contributed by atoms with van der Waals surface area (Å²) in [5, 5.41) is 3.68. The van der Waals surface area contributed by atoms with Gasteiger partial charge in [0.15, 0.2) is 0 Å². The van der Waals surface area contributed by atoms with Crippen molar-refractivity contribution in [2.45, 2.75) is 31.8 Å². The normalized spacial score (nSPS) is 19.0. The highest BCUT2D eigenvalue weighted by Gasteiger charge is 2.31. The Labute approximate surface area is 112 Å². The third-order valence-electron chi connectivity index (χ3n) is 3.35. The summed E-state index contributed by atoms with van der Waals surface area (Å²) in [4.78, 5) is 0. The van der Waals surface area contributed by atoms with Crippen LogP contribution in [0.25, 0.3) is 0 Å². The summed E-state index contributed by atoms with van der Waals surface area (Å²) in [7, 11) is 1.78. The van der Waals surface area contributed by atoms with E-state index in [4.69, 9.17) is 4.74 Å². The standard InChI is InChI=1S/C14H20BrNO/c1-10(12-4-3-5-13(15)8-12)16-14(9-17-2)11-6-7-11/h3-5,8,10-11,14,16H,6-7,9H2,1-2H3/t10-,14?/m0/s1. The number of rotatable bonds is 6. The molecule has 0 saturated heterocycles. The molecule has 1 N–H and O–H groups in total. The average Bonchev–Trinajstić information content (AvgIpc) is 3.12. The highest BCUT2D eigenvalue weighted by atomic mass is 79.9. The molecule has 0 aliphatic heterocycles. The van der Waals surface area contributed by atoms with Crippen LogP contribution < -0.4 is 5.32 Å². The van der Waals surface area contributed by atoms with Gasteiger partial charge in [0.1, 0.15) is 0 Å². The van der Waals surface area contributed by atoms with E-state index in [1.807, 2.05) is 0 Å². The van der Waals surface area contributed by atoms with Crippen LogP contribution in [-0.4, -0.2) is 19.8 Å². The number of methoxy groups -OCH3 is 1. The second-order valence-corrected chi connectivity index (χ2v) is 5.76. The maximum atomic E-state index is 5.29. The summed E-state index contributed by atoms with van der Waals surface area (Å²) in [5.41, 5.74) is 1.32. The van der Waals surface area contributed by atoms with Gasteiger partial charge in [0.2, 0.25) is 0 Å². The molecule has 2 rings (SSSR count). The zero-order valence-electron chi connectivity index (χ0n) is 10.4. The fourth-order valence-corrected chi connectivity index (χ4v) is 2.61. The number of nitrogens with one attached hydrogen (secondary N) is 1. The molecule has 1 aromatic rings. The third kappa shape index (κ3) is 3.80. The van der Waals surface area contributed by atoms with Crippen molar-refractivity contribution in [2.75, 3.05) is 13.7 Å². The summed E-state index contributed by atoms with van der Waals surface area (Å²) >= 11 is 3.52. The van der Waals surface area contributed by atoms with Crippen molar-refractivity contribution in [1.82, 2.24) is 5.32 Å². The summed E-state index contributed by atoms with van der Waals surface area (Å²) in [6, 6.07) is 9.35. The number of benzene rings is 1. The first kappa shape index (κ1) is 13.1. The van der Waals surface area contributed by atoms with Gasteiger partial charge in [-0.2, -0.15) is 0 Å². The Balaban J connectivity index is 1.96. The van der Waals surface area contributed by atoms with E-state index < -0.39 is 0 Å². The Morgan fingerprint density at radius 3 is 2.82 bits per heavy atom. The Morgan fingerprint density at radius 1 is 1.47 bits per heavy atom. The molecule has 0 amide bonds. The van der Waals surface area contributed by atoms with Gasteiger partial charge in [-0.1, -0.05) is 28.1 Å². The molecule has 1 aromatic carbocycles. The van der Waals surface area contributed by atoms with Crippen LogP contribution in [0.4, 0.5) is 0 Å². The van der Waals surface area contributed by atoms with Crippen molar-refractivity contribution in [3.63, 3.8) is 0 Å². The molecule has 0 aromatic heterocycles. The average molecular weight is 298 g/mol. The summed E-state index contributed by atoms with van der Waals surface area (Å²) in [6.45, 7) is 3.02. The highest BCUT2D eigenvalue weighted by Crippen LogP contribution is 2.34. The van der Waals surface area contributed by atoms with E-state index in [1.165, 1.54) is 18.4 Å². The molecule has 0 spiro atoms. The van der Waals surface area contributed by atoms with Crippen molar-refractivity contribution < 1.29 is 4.74 Å². The maximum absolute atomic E-state index is 5.29. The SMILES string of the molecule is COCC(N[C@@H](C)c1cccc(Br)c1)C1CC1. The zero-order chi connectivity index (χ0) is 12.3. The van der Waals surface area contributed by atoms with E-state index >= 15 is 0 Å². The Kier molecular flexibility index (Phi) is 4.60. The van der Waals surface area contributed by atoms with E-state index in [1.54, 1.807) is 7.11 Å². The minimum Gasteiger partial charge on any atom is -0.383 e. The lowest BCUT2D eigenvalue weighted by Crippen LogP contribution is -2.36. The summed E-state index contributed by atoms with van der Waals surface area (Å²) in [5.74, 6) is 0.810. The summed E-state index contributed by atoms with van der Waals surface area (Å²) in [6.07, 6.45) is 2.68. The van der Waals surface area contributed by atoms with Gasteiger partial charge >= 0.3 is 0 Å². The molecule has 3 heteroatoms. The van der Waals surface area contributed by atoms with Crippen LogP contribution in [-0.2, 0) is 4.74 Å². The first-order valence-corrected chi connectivity index (χ1v) is 7.00. The van der Waals surface area contributed by atoms with Gasteiger partial charge in [-0.15, -0.1) is 0 Å². The topological polar surface area (TPSA) is 21.3 Å². The number of hydrogen-bond donors (Lipinski definition) is 1. The second-order valence-electron chi connectivity index (χ2n) is 4.84. The maximum Gasteiger partial charge on any atom is 0.0618 e. The van der Waals surface area contributed by atoms with Crippen molar-refractivity contribution in [3.8, 4) is 0 Å². The van der Waals surface area contributed by atoms with E-state index in [9.17, 15) is 0 Å². The molecular weight excluding hydrogens is 278 g/mol. The molecule has 1 aliphatic rings. The van der Waals surface area contributed by atoms with Gasteiger partial charge in [-0.25, -0.2) is 0 Å². The van der Waals surface area contributed by atoms with Gasteiger partial charge in [0.25, 0.3) is 0 Å². The molecule has 1 unspecified atom stereocenters. The van der Waals surface area contributed by atoms with Crippen LogP contribution in [0.3, 0.4) is 0 Å². The van der Waals surface area contributed by atoms with Crippen molar-refractivity contribution in [3.05, 3.63) is 34.3 Å². The zero-order valence-corrected chi connectivity index (χ0v) is 12.0. The lowest BCUT2D eigenvalue weighted by Gasteiger charge is -2.23. The van der Waals surface area contributed by atoms with Crippen LogP contribution in [0.5, 0.6) is 0 Å². The molecule has 1 aliphatic carbocycles. The molecule has 94 valence electrons. The monoisotopic (exact) mass is 297 g/mol. The minimum absolute atomic E-state index is 0.369. The molecule has 1 fully saturated rings. The highest BCUT2D eigenvalue weighted by molar-refractivity contribution is 9.10. The molecule has 2 nitrogen and oxygen atoms in total. The Bertz CT molecular complexity index is 365. The van der Waals surface area contributed by atoms with Gasteiger partial charge < -0.3 is 10.1 Å². The Hall–Kier alpha value is -0.380. The van der Waals surface area contributed by atoms with Crippen LogP contribution in [0.15, 0.2) is 28.7 Å².